The van der Waals surface area contributed by atoms with Crippen molar-refractivity contribution in [1.82, 2.24) is 14.3 Å². The largest absolute Gasteiger partial charge is 0.382 e. The van der Waals surface area contributed by atoms with Gasteiger partial charge in [0.25, 0.3) is 10.0 Å². The smallest absolute Gasteiger partial charge is 0.261 e. The summed E-state index contributed by atoms with van der Waals surface area (Å²) in [5, 5.41) is -0.0687. The highest BCUT2D eigenvalue weighted by atomic mass is 35.5. The maximum atomic E-state index is 11.9. The normalized spacial score (nSPS) is 11.9. The highest BCUT2D eigenvalue weighted by molar-refractivity contribution is 7.89. The van der Waals surface area contributed by atoms with Crippen LogP contribution in [0.25, 0.3) is 0 Å². The minimum atomic E-state index is -3.66. The number of nitrogens with one attached hydrogen (secondary N) is 1. The van der Waals surface area contributed by atoms with Crippen molar-refractivity contribution in [3.05, 3.63) is 11.5 Å². The first-order chi connectivity index (χ1) is 8.99. The summed E-state index contributed by atoms with van der Waals surface area (Å²) >= 11 is 5.83. The number of nitrogens with zero attached hydrogens (tertiary/aromatic N) is 2. The van der Waals surface area contributed by atoms with Gasteiger partial charge in [-0.1, -0.05) is 11.6 Å². The molecular weight excluding hydrogens is 294 g/mol. The molecule has 0 saturated carbocycles. The second-order valence-electron chi connectivity index (χ2n) is 3.81. The van der Waals surface area contributed by atoms with Gasteiger partial charge >= 0.3 is 0 Å². The highest BCUT2D eigenvalue weighted by Crippen LogP contribution is 2.17. The average molecular weight is 312 g/mol. The first-order valence-corrected chi connectivity index (χ1v) is 7.58. The minimum Gasteiger partial charge on any atom is -0.382 e. The molecule has 0 aliphatic heterocycles. The number of hydrogen-bond donors (Lipinski definition) is 1. The number of rotatable bonds is 9. The molecule has 0 aliphatic carbocycles. The lowest BCUT2D eigenvalue weighted by atomic mass is 10.5. The molecule has 1 N–H and O–H groups in total. The molecule has 0 spiro atoms. The van der Waals surface area contributed by atoms with Gasteiger partial charge < -0.3 is 14.0 Å². The van der Waals surface area contributed by atoms with Crippen molar-refractivity contribution < 1.29 is 17.9 Å². The van der Waals surface area contributed by atoms with E-state index in [4.69, 9.17) is 21.1 Å². The average Bonchev–Trinajstić information content (AvgIpc) is 2.69. The molecular formula is C10H18ClN3O4S. The molecule has 9 heteroatoms. The number of aryl methyl sites for hydroxylation is 1. The Balaban J connectivity index is 2.34. The lowest BCUT2D eigenvalue weighted by Gasteiger charge is -2.06. The molecule has 0 bridgehead atoms. The van der Waals surface area contributed by atoms with E-state index in [1.54, 1.807) is 14.2 Å². The number of imidazole rings is 1. The van der Waals surface area contributed by atoms with Gasteiger partial charge in [-0.3, -0.25) is 0 Å². The molecule has 110 valence electrons. The number of aromatic nitrogens is 2. The predicted octanol–water partition coefficient (Wildman–Crippen LogP) is 0.405. The number of halogens is 1. The predicted molar refractivity (Wildman–Crippen MR) is 70.7 cm³/mol. The van der Waals surface area contributed by atoms with Crippen LogP contribution >= 0.6 is 11.6 Å². The van der Waals surface area contributed by atoms with Gasteiger partial charge in [0.2, 0.25) is 5.03 Å². The van der Waals surface area contributed by atoms with Crippen LogP contribution in [0.1, 0.15) is 6.42 Å². The summed E-state index contributed by atoms with van der Waals surface area (Å²) in [7, 11) is -0.447. The molecule has 1 rings (SSSR count). The SMILES string of the molecule is COCCOCCCNS(=O)(=O)c1ncn(C)c1Cl. The van der Waals surface area contributed by atoms with Gasteiger partial charge in [-0.05, 0) is 6.42 Å². The van der Waals surface area contributed by atoms with E-state index in [2.05, 4.69) is 9.71 Å². The van der Waals surface area contributed by atoms with E-state index in [0.717, 1.165) is 0 Å². The first-order valence-electron chi connectivity index (χ1n) is 5.72. The number of methoxy groups -OCH3 is 1. The third kappa shape index (κ3) is 5.07. The highest BCUT2D eigenvalue weighted by Gasteiger charge is 2.21. The summed E-state index contributed by atoms with van der Waals surface area (Å²) in [5.74, 6) is 0. The summed E-state index contributed by atoms with van der Waals surface area (Å²) in [5.41, 5.74) is 0. The zero-order chi connectivity index (χ0) is 14.3. The topological polar surface area (TPSA) is 82.4 Å². The minimum absolute atomic E-state index is 0.0869. The third-order valence-corrected chi connectivity index (χ3v) is 4.23. The van der Waals surface area contributed by atoms with E-state index in [1.165, 1.54) is 10.9 Å². The van der Waals surface area contributed by atoms with Crippen LogP contribution in [0.4, 0.5) is 0 Å². The van der Waals surface area contributed by atoms with Crippen molar-refractivity contribution in [1.29, 1.82) is 0 Å². The molecule has 1 heterocycles. The molecule has 1 aromatic rings. The zero-order valence-electron chi connectivity index (χ0n) is 10.9. The maximum Gasteiger partial charge on any atom is 0.261 e. The van der Waals surface area contributed by atoms with E-state index in [-0.39, 0.29) is 16.7 Å². The number of ether oxygens (including phenoxy) is 2. The molecule has 1 aromatic heterocycles. The van der Waals surface area contributed by atoms with E-state index in [0.29, 0.717) is 26.2 Å². The molecule has 0 radical (unpaired) electrons. The van der Waals surface area contributed by atoms with Crippen molar-refractivity contribution in [2.75, 3.05) is 33.5 Å². The van der Waals surface area contributed by atoms with Crippen LogP contribution in [0, 0.1) is 0 Å². The molecule has 0 atom stereocenters. The molecule has 0 amide bonds. The van der Waals surface area contributed by atoms with Crippen LogP contribution < -0.4 is 4.72 Å². The van der Waals surface area contributed by atoms with E-state index < -0.39 is 10.0 Å². The number of hydrogen-bond acceptors (Lipinski definition) is 5. The van der Waals surface area contributed by atoms with Gasteiger partial charge in [0, 0.05) is 27.3 Å². The van der Waals surface area contributed by atoms with Gasteiger partial charge in [0.15, 0.2) is 0 Å². The van der Waals surface area contributed by atoms with Crippen molar-refractivity contribution in [3.63, 3.8) is 0 Å². The molecule has 0 aromatic carbocycles. The van der Waals surface area contributed by atoms with E-state index in [9.17, 15) is 8.42 Å². The third-order valence-electron chi connectivity index (χ3n) is 2.28. The molecule has 7 nitrogen and oxygen atoms in total. The van der Waals surface area contributed by atoms with Crippen molar-refractivity contribution in [3.8, 4) is 0 Å². The lowest BCUT2D eigenvalue weighted by Crippen LogP contribution is -2.26. The van der Waals surface area contributed by atoms with Crippen molar-refractivity contribution >= 4 is 21.6 Å². The van der Waals surface area contributed by atoms with Gasteiger partial charge in [0.05, 0.1) is 19.5 Å². The fourth-order valence-electron chi connectivity index (χ4n) is 1.27. The quantitative estimate of drug-likeness (QED) is 0.668. The lowest BCUT2D eigenvalue weighted by molar-refractivity contribution is 0.0699. The summed E-state index contributed by atoms with van der Waals surface area (Å²) < 4.78 is 37.6. The zero-order valence-corrected chi connectivity index (χ0v) is 12.5. The summed E-state index contributed by atoms with van der Waals surface area (Å²) in [6.45, 7) is 1.74. The number of sulfonamides is 1. The molecule has 0 fully saturated rings. The maximum absolute atomic E-state index is 11.9. The Labute approximate surface area is 117 Å². The van der Waals surface area contributed by atoms with Crippen LogP contribution in [0.2, 0.25) is 5.15 Å². The van der Waals surface area contributed by atoms with Gasteiger partial charge in [-0.25, -0.2) is 18.1 Å². The Hall–Kier alpha value is -0.670. The van der Waals surface area contributed by atoms with Crippen LogP contribution in [0.15, 0.2) is 11.4 Å². The Kier molecular flexibility index (Phi) is 6.73. The molecule has 19 heavy (non-hydrogen) atoms. The van der Waals surface area contributed by atoms with Crippen LogP contribution in [0.5, 0.6) is 0 Å². The van der Waals surface area contributed by atoms with Crippen molar-refractivity contribution in [2.24, 2.45) is 7.05 Å². The second kappa shape index (κ2) is 7.81. The van der Waals surface area contributed by atoms with Crippen LogP contribution in [-0.2, 0) is 26.5 Å². The molecule has 0 unspecified atom stereocenters. The van der Waals surface area contributed by atoms with Crippen LogP contribution in [-0.4, -0.2) is 51.4 Å². The van der Waals surface area contributed by atoms with Crippen LogP contribution in [0.3, 0.4) is 0 Å². The summed E-state index contributed by atoms with van der Waals surface area (Å²) in [6, 6.07) is 0. The standard InChI is InChI=1S/C10H18ClN3O4S/c1-14-8-12-10(9(14)11)19(15,16)13-4-3-5-18-7-6-17-2/h8,13H,3-7H2,1-2H3. The Bertz CT molecular complexity index is 489. The Morgan fingerprint density at radius 1 is 1.42 bits per heavy atom. The first kappa shape index (κ1) is 16.4. The summed E-state index contributed by atoms with van der Waals surface area (Å²) in [6.07, 6.45) is 1.91. The Morgan fingerprint density at radius 2 is 2.16 bits per heavy atom. The van der Waals surface area contributed by atoms with Gasteiger partial charge in [-0.15, -0.1) is 0 Å². The monoisotopic (exact) mass is 311 g/mol. The van der Waals surface area contributed by atoms with E-state index >= 15 is 0 Å². The summed E-state index contributed by atoms with van der Waals surface area (Å²) in [4.78, 5) is 3.76. The Morgan fingerprint density at radius 3 is 2.74 bits per heavy atom. The second-order valence-corrected chi connectivity index (χ2v) is 5.85. The molecule has 0 aliphatic rings. The van der Waals surface area contributed by atoms with Gasteiger partial charge in [0.1, 0.15) is 5.15 Å². The fourth-order valence-corrected chi connectivity index (χ4v) is 2.77. The fraction of sp³-hybridized carbons (Fsp3) is 0.700. The van der Waals surface area contributed by atoms with Gasteiger partial charge in [-0.2, -0.15) is 0 Å². The molecule has 0 saturated heterocycles. The van der Waals surface area contributed by atoms with Crippen molar-refractivity contribution in [2.45, 2.75) is 11.4 Å². The van der Waals surface area contributed by atoms with E-state index in [1.807, 2.05) is 0 Å².